The molecular weight excluding hydrogens is 246 g/mol. The van der Waals surface area contributed by atoms with E-state index < -0.39 is 10.1 Å². The van der Waals surface area contributed by atoms with Gasteiger partial charge in [-0.15, -0.1) is 12.6 Å². The second kappa shape index (κ2) is 3.65. The van der Waals surface area contributed by atoms with Crippen molar-refractivity contribution in [3.05, 3.63) is 30.3 Å². The van der Waals surface area contributed by atoms with E-state index in [4.69, 9.17) is 10.3 Å². The summed E-state index contributed by atoms with van der Waals surface area (Å²) < 4.78 is 31.3. The first kappa shape index (κ1) is 11.3. The van der Waals surface area contributed by atoms with Gasteiger partial charge in [0.15, 0.2) is 0 Å². The molecule has 0 aliphatic heterocycles. The van der Waals surface area contributed by atoms with Crippen molar-refractivity contribution in [3.8, 4) is 0 Å². The van der Waals surface area contributed by atoms with E-state index in [1.54, 1.807) is 18.2 Å². The quantitative estimate of drug-likeness (QED) is 0.413. The fourth-order valence-corrected chi connectivity index (χ4v) is 2.46. The standard InChI is InChI=1S/C10H9NO3S2/c11-9-3-4-10(16(12,13)14)7-2-1-6(15)5-8(7)9/h1-5,15H,11H2,(H,12,13,14). The van der Waals surface area contributed by atoms with Crippen LogP contribution < -0.4 is 5.73 Å². The van der Waals surface area contributed by atoms with E-state index in [0.29, 0.717) is 21.4 Å². The van der Waals surface area contributed by atoms with Crippen molar-refractivity contribution in [3.63, 3.8) is 0 Å². The van der Waals surface area contributed by atoms with E-state index in [9.17, 15) is 8.42 Å². The Bertz CT molecular complexity index is 665. The second-order valence-corrected chi connectivity index (χ2v) is 5.26. The van der Waals surface area contributed by atoms with Crippen LogP contribution in [-0.2, 0) is 10.1 Å². The summed E-state index contributed by atoms with van der Waals surface area (Å²) in [6.45, 7) is 0. The Morgan fingerprint density at radius 3 is 2.44 bits per heavy atom. The van der Waals surface area contributed by atoms with E-state index in [2.05, 4.69) is 12.6 Å². The van der Waals surface area contributed by atoms with Crippen LogP contribution in [0.5, 0.6) is 0 Å². The molecule has 0 aliphatic rings. The van der Waals surface area contributed by atoms with E-state index in [1.807, 2.05) is 0 Å². The number of nitrogens with two attached hydrogens (primary N) is 1. The van der Waals surface area contributed by atoms with Crippen molar-refractivity contribution < 1.29 is 13.0 Å². The average Bonchev–Trinajstić information content (AvgIpc) is 2.17. The highest BCUT2D eigenvalue weighted by Gasteiger charge is 2.14. The molecule has 0 amide bonds. The molecular formula is C10H9NO3S2. The van der Waals surface area contributed by atoms with Gasteiger partial charge in [-0.25, -0.2) is 0 Å². The van der Waals surface area contributed by atoms with Gasteiger partial charge in [-0.3, -0.25) is 4.55 Å². The summed E-state index contributed by atoms with van der Waals surface area (Å²) in [5.41, 5.74) is 6.17. The highest BCUT2D eigenvalue weighted by Crippen LogP contribution is 2.29. The summed E-state index contributed by atoms with van der Waals surface area (Å²) in [5, 5.41) is 0.947. The maximum atomic E-state index is 11.1. The monoisotopic (exact) mass is 255 g/mol. The van der Waals surface area contributed by atoms with Crippen LogP contribution in [0.3, 0.4) is 0 Å². The molecule has 0 fully saturated rings. The van der Waals surface area contributed by atoms with Crippen LogP contribution in [0.1, 0.15) is 0 Å². The first-order chi connectivity index (χ1) is 7.39. The fraction of sp³-hybridized carbons (Fsp3) is 0. The van der Waals surface area contributed by atoms with Crippen LogP contribution in [-0.4, -0.2) is 13.0 Å². The number of fused-ring (bicyclic) bond motifs is 1. The van der Waals surface area contributed by atoms with Crippen LogP contribution >= 0.6 is 12.6 Å². The normalized spacial score (nSPS) is 11.9. The summed E-state index contributed by atoms with van der Waals surface area (Å²) in [5.74, 6) is 0. The van der Waals surface area contributed by atoms with Crippen molar-refractivity contribution in [1.82, 2.24) is 0 Å². The van der Waals surface area contributed by atoms with Gasteiger partial charge in [0, 0.05) is 21.4 Å². The van der Waals surface area contributed by atoms with E-state index in [1.165, 1.54) is 12.1 Å². The summed E-state index contributed by atoms with van der Waals surface area (Å²) in [7, 11) is -4.24. The first-order valence-corrected chi connectivity index (χ1v) is 6.27. The van der Waals surface area contributed by atoms with Crippen LogP contribution in [0.4, 0.5) is 5.69 Å². The molecule has 0 unspecified atom stereocenters. The number of thiol groups is 1. The number of hydrogen-bond acceptors (Lipinski definition) is 4. The van der Waals surface area contributed by atoms with Crippen LogP contribution in [0.2, 0.25) is 0 Å². The number of benzene rings is 2. The number of hydrogen-bond donors (Lipinski definition) is 3. The zero-order chi connectivity index (χ0) is 11.9. The predicted molar refractivity (Wildman–Crippen MR) is 65.4 cm³/mol. The lowest BCUT2D eigenvalue weighted by Gasteiger charge is -2.07. The molecule has 0 saturated heterocycles. The van der Waals surface area contributed by atoms with Gasteiger partial charge in [0.05, 0.1) is 0 Å². The van der Waals surface area contributed by atoms with E-state index in [-0.39, 0.29) is 4.90 Å². The molecule has 16 heavy (non-hydrogen) atoms. The predicted octanol–water partition coefficient (Wildman–Crippen LogP) is 1.96. The van der Waals surface area contributed by atoms with Crippen molar-refractivity contribution in [2.45, 2.75) is 9.79 Å². The van der Waals surface area contributed by atoms with Gasteiger partial charge in [0.1, 0.15) is 4.90 Å². The SMILES string of the molecule is Nc1ccc(S(=O)(=O)O)c2ccc(S)cc12. The minimum atomic E-state index is -4.24. The maximum Gasteiger partial charge on any atom is 0.295 e. The van der Waals surface area contributed by atoms with Crippen LogP contribution in [0.15, 0.2) is 40.1 Å². The third kappa shape index (κ3) is 1.87. The van der Waals surface area contributed by atoms with Crippen molar-refractivity contribution >= 4 is 39.2 Å². The van der Waals surface area contributed by atoms with Gasteiger partial charge in [-0.05, 0) is 24.3 Å². The van der Waals surface area contributed by atoms with Gasteiger partial charge in [-0.1, -0.05) is 6.07 Å². The highest BCUT2D eigenvalue weighted by molar-refractivity contribution is 7.86. The Balaban J connectivity index is 2.96. The molecule has 0 radical (unpaired) electrons. The summed E-state index contributed by atoms with van der Waals surface area (Å²) >= 11 is 4.15. The van der Waals surface area contributed by atoms with E-state index in [0.717, 1.165) is 0 Å². The lowest BCUT2D eigenvalue weighted by Crippen LogP contribution is -2.00. The Morgan fingerprint density at radius 2 is 1.81 bits per heavy atom. The van der Waals surface area contributed by atoms with E-state index >= 15 is 0 Å². The zero-order valence-electron chi connectivity index (χ0n) is 8.08. The maximum absolute atomic E-state index is 11.1. The first-order valence-electron chi connectivity index (χ1n) is 4.38. The third-order valence-corrected chi connectivity index (χ3v) is 3.46. The minimum Gasteiger partial charge on any atom is -0.398 e. The Hall–Kier alpha value is -1.24. The van der Waals surface area contributed by atoms with Gasteiger partial charge in [-0.2, -0.15) is 8.42 Å². The highest BCUT2D eigenvalue weighted by atomic mass is 32.2. The molecule has 0 aliphatic carbocycles. The number of nitrogen functional groups attached to an aromatic ring is 1. The number of anilines is 1. The molecule has 0 atom stereocenters. The summed E-state index contributed by atoms with van der Waals surface area (Å²) in [6, 6.07) is 7.59. The molecule has 3 N–H and O–H groups in total. The van der Waals surface area contributed by atoms with Gasteiger partial charge in [0.25, 0.3) is 10.1 Å². The number of rotatable bonds is 1. The van der Waals surface area contributed by atoms with Crippen LogP contribution in [0, 0.1) is 0 Å². The zero-order valence-corrected chi connectivity index (χ0v) is 9.79. The molecule has 0 saturated carbocycles. The topological polar surface area (TPSA) is 80.4 Å². The summed E-state index contributed by atoms with van der Waals surface area (Å²) in [4.78, 5) is 0.525. The Kier molecular flexibility index (Phi) is 2.57. The lowest BCUT2D eigenvalue weighted by atomic mass is 10.1. The molecule has 2 aromatic carbocycles. The molecule has 84 valence electrons. The lowest BCUT2D eigenvalue weighted by molar-refractivity contribution is 0.484. The molecule has 2 rings (SSSR count). The average molecular weight is 255 g/mol. The van der Waals surface area contributed by atoms with Crippen molar-refractivity contribution in [1.29, 1.82) is 0 Å². The molecule has 4 nitrogen and oxygen atoms in total. The smallest absolute Gasteiger partial charge is 0.295 e. The van der Waals surface area contributed by atoms with Crippen molar-refractivity contribution in [2.24, 2.45) is 0 Å². The molecule has 0 heterocycles. The molecule has 0 bridgehead atoms. The second-order valence-electron chi connectivity index (χ2n) is 3.36. The van der Waals surface area contributed by atoms with Gasteiger partial charge in [0.2, 0.25) is 0 Å². The van der Waals surface area contributed by atoms with Crippen LogP contribution in [0.25, 0.3) is 10.8 Å². The molecule has 2 aromatic rings. The van der Waals surface area contributed by atoms with Gasteiger partial charge < -0.3 is 5.73 Å². The third-order valence-electron chi connectivity index (χ3n) is 2.27. The van der Waals surface area contributed by atoms with Crippen molar-refractivity contribution in [2.75, 3.05) is 5.73 Å². The fourth-order valence-electron chi connectivity index (χ4n) is 1.56. The Labute approximate surface area is 98.2 Å². The summed E-state index contributed by atoms with van der Waals surface area (Å²) in [6.07, 6.45) is 0. The van der Waals surface area contributed by atoms with Gasteiger partial charge >= 0.3 is 0 Å². The minimum absolute atomic E-state index is 0.148. The Morgan fingerprint density at radius 1 is 1.12 bits per heavy atom. The molecule has 0 spiro atoms. The molecule has 0 aromatic heterocycles. The molecule has 6 heteroatoms. The largest absolute Gasteiger partial charge is 0.398 e.